The van der Waals surface area contributed by atoms with E-state index in [4.69, 9.17) is 14.2 Å². The lowest BCUT2D eigenvalue weighted by Crippen LogP contribution is -2.26. The third-order valence-electron chi connectivity index (χ3n) is 2.57. The van der Waals surface area contributed by atoms with Gasteiger partial charge in [-0.15, -0.1) is 23.5 Å². The lowest BCUT2D eigenvalue weighted by atomic mass is 10.5. The highest BCUT2D eigenvalue weighted by molar-refractivity contribution is 8.00. The van der Waals surface area contributed by atoms with Crippen LogP contribution in [0.4, 0.5) is 0 Å². The van der Waals surface area contributed by atoms with Crippen LogP contribution in [0.2, 0.25) is 0 Å². The molecule has 2 rings (SSSR count). The molecule has 0 spiro atoms. The SMILES string of the molecule is CCCSC(OC(SCCC)C1CO1)C1CO1. The molecule has 2 fully saturated rings. The highest BCUT2D eigenvalue weighted by Crippen LogP contribution is 2.34. The molecule has 5 heteroatoms. The number of epoxide rings is 2. The molecule has 0 aromatic heterocycles. The van der Waals surface area contributed by atoms with Gasteiger partial charge in [0.15, 0.2) is 0 Å². The smallest absolute Gasteiger partial charge is 0.133 e. The standard InChI is InChI=1S/C12H22O3S2/c1-3-5-16-11(9-7-13-9)15-12(10-8-14-10)17-6-4-2/h9-12H,3-8H2,1-2H3. The lowest BCUT2D eigenvalue weighted by molar-refractivity contribution is 0.0575. The normalized spacial score (nSPS) is 30.0. The molecule has 17 heavy (non-hydrogen) atoms. The molecule has 2 aliphatic heterocycles. The monoisotopic (exact) mass is 278 g/mol. The van der Waals surface area contributed by atoms with Gasteiger partial charge in [-0.2, -0.15) is 0 Å². The Balaban J connectivity index is 1.76. The zero-order valence-corrected chi connectivity index (χ0v) is 12.2. The second kappa shape index (κ2) is 7.24. The second-order valence-electron chi connectivity index (χ2n) is 4.36. The molecular formula is C12H22O3S2. The van der Waals surface area contributed by atoms with Gasteiger partial charge in [-0.05, 0) is 24.3 Å². The van der Waals surface area contributed by atoms with Crippen molar-refractivity contribution in [3.05, 3.63) is 0 Å². The van der Waals surface area contributed by atoms with Crippen molar-refractivity contribution in [2.75, 3.05) is 24.7 Å². The zero-order chi connectivity index (χ0) is 12.1. The quantitative estimate of drug-likeness (QED) is 0.453. The number of thioether (sulfide) groups is 2. The van der Waals surface area contributed by atoms with Crippen LogP contribution in [0, 0.1) is 0 Å². The molecule has 4 unspecified atom stereocenters. The van der Waals surface area contributed by atoms with Crippen LogP contribution in [0.25, 0.3) is 0 Å². The van der Waals surface area contributed by atoms with Gasteiger partial charge < -0.3 is 14.2 Å². The summed E-state index contributed by atoms with van der Waals surface area (Å²) in [5, 5.41) is 0. The third kappa shape index (κ3) is 4.99. The van der Waals surface area contributed by atoms with Crippen LogP contribution in [0.3, 0.4) is 0 Å². The van der Waals surface area contributed by atoms with Crippen molar-refractivity contribution in [1.82, 2.24) is 0 Å². The predicted octanol–water partition coefficient (Wildman–Crippen LogP) is 2.74. The predicted molar refractivity (Wildman–Crippen MR) is 73.6 cm³/mol. The molecular weight excluding hydrogens is 256 g/mol. The van der Waals surface area contributed by atoms with Crippen molar-refractivity contribution in [2.24, 2.45) is 0 Å². The fraction of sp³-hybridized carbons (Fsp3) is 1.00. The minimum Gasteiger partial charge on any atom is -0.369 e. The van der Waals surface area contributed by atoms with Crippen molar-refractivity contribution in [2.45, 2.75) is 49.8 Å². The Hall–Kier alpha value is 0.580. The highest BCUT2D eigenvalue weighted by Gasteiger charge is 2.40. The van der Waals surface area contributed by atoms with E-state index in [-0.39, 0.29) is 10.9 Å². The minimum atomic E-state index is 0.202. The molecule has 0 aromatic carbocycles. The maximum atomic E-state index is 6.18. The molecule has 3 nitrogen and oxygen atoms in total. The molecule has 2 saturated heterocycles. The van der Waals surface area contributed by atoms with Crippen LogP contribution in [-0.4, -0.2) is 47.8 Å². The number of hydrogen-bond donors (Lipinski definition) is 0. The molecule has 0 saturated carbocycles. The van der Waals surface area contributed by atoms with Crippen LogP contribution in [0.15, 0.2) is 0 Å². The first-order chi connectivity index (χ1) is 8.35. The van der Waals surface area contributed by atoms with Crippen LogP contribution < -0.4 is 0 Å². The molecule has 2 heterocycles. The fourth-order valence-electron chi connectivity index (χ4n) is 1.49. The highest BCUT2D eigenvalue weighted by atomic mass is 32.2. The first kappa shape index (κ1) is 14.0. The van der Waals surface area contributed by atoms with Gasteiger partial charge in [0.1, 0.15) is 23.1 Å². The molecule has 4 atom stereocenters. The van der Waals surface area contributed by atoms with Crippen LogP contribution in [0.1, 0.15) is 26.7 Å². The first-order valence-electron chi connectivity index (χ1n) is 6.47. The molecule has 0 radical (unpaired) electrons. The minimum absolute atomic E-state index is 0.202. The van der Waals surface area contributed by atoms with Crippen LogP contribution >= 0.6 is 23.5 Å². The maximum Gasteiger partial charge on any atom is 0.133 e. The van der Waals surface area contributed by atoms with E-state index in [1.165, 1.54) is 12.8 Å². The van der Waals surface area contributed by atoms with E-state index >= 15 is 0 Å². The van der Waals surface area contributed by atoms with Crippen molar-refractivity contribution in [3.8, 4) is 0 Å². The first-order valence-corrected chi connectivity index (χ1v) is 8.56. The number of hydrogen-bond acceptors (Lipinski definition) is 5. The van der Waals surface area contributed by atoms with Gasteiger partial charge >= 0.3 is 0 Å². The Morgan fingerprint density at radius 1 is 1.00 bits per heavy atom. The Bertz CT molecular complexity index is 198. The van der Waals surface area contributed by atoms with Crippen molar-refractivity contribution >= 4 is 23.5 Å². The molecule has 0 aromatic rings. The summed E-state index contributed by atoms with van der Waals surface area (Å²) in [6, 6.07) is 0. The third-order valence-corrected chi connectivity index (χ3v) is 5.34. The average Bonchev–Trinajstić information content (AvgIpc) is 3.18. The summed E-state index contributed by atoms with van der Waals surface area (Å²) in [7, 11) is 0. The number of ether oxygens (including phenoxy) is 3. The van der Waals surface area contributed by atoms with Gasteiger partial charge in [-0.3, -0.25) is 0 Å². The molecule has 0 bridgehead atoms. The van der Waals surface area contributed by atoms with Gasteiger partial charge in [-0.1, -0.05) is 13.8 Å². The average molecular weight is 278 g/mol. The van der Waals surface area contributed by atoms with Gasteiger partial charge in [-0.25, -0.2) is 0 Å². The summed E-state index contributed by atoms with van der Waals surface area (Å²) in [5.41, 5.74) is 0.405. The zero-order valence-electron chi connectivity index (χ0n) is 10.6. The largest absolute Gasteiger partial charge is 0.369 e. The Labute approximate surface area is 112 Å². The maximum absolute atomic E-state index is 6.18. The van der Waals surface area contributed by atoms with E-state index in [1.54, 1.807) is 0 Å². The fourth-order valence-corrected chi connectivity index (χ4v) is 3.64. The summed E-state index contributed by atoms with van der Waals surface area (Å²) in [5.74, 6) is 2.28. The van der Waals surface area contributed by atoms with Gasteiger partial charge in [0.05, 0.1) is 13.2 Å². The van der Waals surface area contributed by atoms with Gasteiger partial charge in [0.25, 0.3) is 0 Å². The topological polar surface area (TPSA) is 34.3 Å². The van der Waals surface area contributed by atoms with E-state index in [0.29, 0.717) is 12.2 Å². The Morgan fingerprint density at radius 2 is 1.41 bits per heavy atom. The summed E-state index contributed by atoms with van der Waals surface area (Å²) in [6.07, 6.45) is 3.00. The van der Waals surface area contributed by atoms with Gasteiger partial charge in [0, 0.05) is 0 Å². The molecule has 0 aliphatic carbocycles. The second-order valence-corrected chi connectivity index (χ2v) is 6.77. The van der Waals surface area contributed by atoms with Crippen LogP contribution in [-0.2, 0) is 14.2 Å². The Morgan fingerprint density at radius 3 is 1.71 bits per heavy atom. The van der Waals surface area contributed by atoms with E-state index in [1.807, 2.05) is 23.5 Å². The summed E-state index contributed by atoms with van der Waals surface area (Å²) in [4.78, 5) is 0. The summed E-state index contributed by atoms with van der Waals surface area (Å²) < 4.78 is 16.9. The summed E-state index contributed by atoms with van der Waals surface area (Å²) >= 11 is 3.77. The van der Waals surface area contributed by atoms with Crippen molar-refractivity contribution < 1.29 is 14.2 Å². The van der Waals surface area contributed by atoms with Gasteiger partial charge in [0.2, 0.25) is 0 Å². The molecule has 2 aliphatic rings. The van der Waals surface area contributed by atoms with E-state index in [0.717, 1.165) is 24.7 Å². The molecule has 100 valence electrons. The van der Waals surface area contributed by atoms with E-state index < -0.39 is 0 Å². The van der Waals surface area contributed by atoms with Crippen LogP contribution in [0.5, 0.6) is 0 Å². The van der Waals surface area contributed by atoms with E-state index in [9.17, 15) is 0 Å². The lowest BCUT2D eigenvalue weighted by Gasteiger charge is -2.21. The van der Waals surface area contributed by atoms with E-state index in [2.05, 4.69) is 13.8 Å². The van der Waals surface area contributed by atoms with Crippen molar-refractivity contribution in [1.29, 1.82) is 0 Å². The van der Waals surface area contributed by atoms with Crippen molar-refractivity contribution in [3.63, 3.8) is 0 Å². The Kier molecular flexibility index (Phi) is 5.96. The number of rotatable bonds is 10. The summed E-state index contributed by atoms with van der Waals surface area (Å²) in [6.45, 7) is 6.12. The molecule has 0 amide bonds. The molecule has 0 N–H and O–H groups in total.